The van der Waals surface area contributed by atoms with Crippen LogP contribution in [-0.4, -0.2) is 49.8 Å². The van der Waals surface area contributed by atoms with Gasteiger partial charge in [-0.1, -0.05) is 13.8 Å². The Labute approximate surface area is 130 Å². The summed E-state index contributed by atoms with van der Waals surface area (Å²) in [6.45, 7) is 8.35. The predicted octanol–water partition coefficient (Wildman–Crippen LogP) is 2.30. The lowest BCUT2D eigenvalue weighted by Crippen LogP contribution is -2.48. The number of hydrogen-bond donors (Lipinski definition) is 2. The number of carbonyl (C=O) groups is 1. The van der Waals surface area contributed by atoms with E-state index in [9.17, 15) is 9.18 Å². The van der Waals surface area contributed by atoms with E-state index in [0.717, 1.165) is 19.6 Å². The minimum atomic E-state index is -0.327. The molecule has 1 aromatic carbocycles. The van der Waals surface area contributed by atoms with Gasteiger partial charge < -0.3 is 15.4 Å². The maximum atomic E-state index is 12.8. The summed E-state index contributed by atoms with van der Waals surface area (Å²) in [7, 11) is 0. The molecular formula is C16H24FN3O2. The van der Waals surface area contributed by atoms with Crippen molar-refractivity contribution in [2.24, 2.45) is 5.92 Å². The Balaban J connectivity index is 1.72. The number of urea groups is 1. The number of ether oxygens (including phenoxy) is 1. The molecule has 1 aliphatic heterocycles. The lowest BCUT2D eigenvalue weighted by atomic mass is 10.2. The van der Waals surface area contributed by atoms with Crippen LogP contribution in [0.4, 0.5) is 14.9 Å². The van der Waals surface area contributed by atoms with Crippen LogP contribution in [0.25, 0.3) is 0 Å². The highest BCUT2D eigenvalue weighted by atomic mass is 19.1. The summed E-state index contributed by atoms with van der Waals surface area (Å²) in [4.78, 5) is 14.2. The molecule has 1 fully saturated rings. The molecule has 2 N–H and O–H groups in total. The lowest BCUT2D eigenvalue weighted by Gasteiger charge is -2.33. The van der Waals surface area contributed by atoms with Gasteiger partial charge in [-0.05, 0) is 30.2 Å². The van der Waals surface area contributed by atoms with Gasteiger partial charge in [-0.3, -0.25) is 4.90 Å². The van der Waals surface area contributed by atoms with Crippen LogP contribution in [0.3, 0.4) is 0 Å². The third kappa shape index (κ3) is 5.61. The predicted molar refractivity (Wildman–Crippen MR) is 84.4 cm³/mol. The second kappa shape index (κ2) is 8.10. The monoisotopic (exact) mass is 309 g/mol. The van der Waals surface area contributed by atoms with Crippen molar-refractivity contribution in [1.82, 2.24) is 10.2 Å². The van der Waals surface area contributed by atoms with Crippen molar-refractivity contribution in [2.75, 3.05) is 38.1 Å². The van der Waals surface area contributed by atoms with E-state index < -0.39 is 0 Å². The van der Waals surface area contributed by atoms with Gasteiger partial charge in [0.2, 0.25) is 0 Å². The fourth-order valence-corrected chi connectivity index (χ4v) is 2.50. The summed E-state index contributed by atoms with van der Waals surface area (Å²) in [5, 5.41) is 5.46. The highest BCUT2D eigenvalue weighted by Gasteiger charge is 2.21. The van der Waals surface area contributed by atoms with Gasteiger partial charge in [0.15, 0.2) is 0 Å². The van der Waals surface area contributed by atoms with E-state index in [1.807, 2.05) is 0 Å². The SMILES string of the molecule is CC(C)CN1CCO[C@H](CNC(=O)Nc2ccc(F)cc2)C1. The molecule has 0 saturated carbocycles. The Morgan fingerprint density at radius 3 is 2.82 bits per heavy atom. The molecule has 0 aromatic heterocycles. The van der Waals surface area contributed by atoms with E-state index in [4.69, 9.17) is 4.74 Å². The van der Waals surface area contributed by atoms with Crippen molar-refractivity contribution in [2.45, 2.75) is 20.0 Å². The Hall–Kier alpha value is -1.66. The highest BCUT2D eigenvalue weighted by Crippen LogP contribution is 2.09. The molecule has 1 heterocycles. The minimum Gasteiger partial charge on any atom is -0.374 e. The molecule has 22 heavy (non-hydrogen) atoms. The third-order valence-electron chi connectivity index (χ3n) is 3.44. The summed E-state index contributed by atoms with van der Waals surface area (Å²) in [6.07, 6.45) is 0.00599. The van der Waals surface area contributed by atoms with Crippen LogP contribution < -0.4 is 10.6 Å². The number of halogens is 1. The maximum Gasteiger partial charge on any atom is 0.319 e. The summed E-state index contributed by atoms with van der Waals surface area (Å²) in [5.41, 5.74) is 0.560. The van der Waals surface area contributed by atoms with Gasteiger partial charge >= 0.3 is 6.03 Å². The van der Waals surface area contributed by atoms with Gasteiger partial charge in [-0.25, -0.2) is 9.18 Å². The average Bonchev–Trinajstić information content (AvgIpc) is 2.47. The number of nitrogens with zero attached hydrogens (tertiary/aromatic N) is 1. The zero-order valence-electron chi connectivity index (χ0n) is 13.1. The second-order valence-corrected chi connectivity index (χ2v) is 5.99. The van der Waals surface area contributed by atoms with E-state index in [0.29, 0.717) is 24.8 Å². The van der Waals surface area contributed by atoms with Crippen LogP contribution in [0.5, 0.6) is 0 Å². The van der Waals surface area contributed by atoms with Crippen LogP contribution in [0.15, 0.2) is 24.3 Å². The maximum absolute atomic E-state index is 12.8. The highest BCUT2D eigenvalue weighted by molar-refractivity contribution is 5.89. The first-order valence-corrected chi connectivity index (χ1v) is 7.67. The number of anilines is 1. The Morgan fingerprint density at radius 1 is 1.41 bits per heavy atom. The molecule has 0 unspecified atom stereocenters. The number of amides is 2. The fraction of sp³-hybridized carbons (Fsp3) is 0.562. The number of hydrogen-bond acceptors (Lipinski definition) is 3. The Morgan fingerprint density at radius 2 is 2.14 bits per heavy atom. The third-order valence-corrected chi connectivity index (χ3v) is 3.44. The molecule has 0 aliphatic carbocycles. The summed E-state index contributed by atoms with van der Waals surface area (Å²) in [5.74, 6) is 0.292. The normalized spacial score (nSPS) is 19.2. The second-order valence-electron chi connectivity index (χ2n) is 5.99. The van der Waals surface area contributed by atoms with Crippen molar-refractivity contribution in [3.8, 4) is 0 Å². The quantitative estimate of drug-likeness (QED) is 0.877. The van der Waals surface area contributed by atoms with Crippen molar-refractivity contribution >= 4 is 11.7 Å². The van der Waals surface area contributed by atoms with Gasteiger partial charge in [0, 0.05) is 31.9 Å². The standard InChI is InChI=1S/C16H24FN3O2/c1-12(2)10-20-7-8-22-15(11-20)9-18-16(21)19-14-5-3-13(17)4-6-14/h3-6,12,15H,7-11H2,1-2H3,(H2,18,19,21)/t15-/m1/s1. The summed E-state index contributed by atoms with van der Waals surface area (Å²) < 4.78 is 18.5. The molecule has 6 heteroatoms. The van der Waals surface area contributed by atoms with E-state index in [1.54, 1.807) is 0 Å². The van der Waals surface area contributed by atoms with Gasteiger partial charge in [-0.15, -0.1) is 0 Å². The summed E-state index contributed by atoms with van der Waals surface area (Å²) in [6, 6.07) is 5.36. The average molecular weight is 309 g/mol. The number of morpholine rings is 1. The van der Waals surface area contributed by atoms with Crippen molar-refractivity contribution in [3.05, 3.63) is 30.1 Å². The van der Waals surface area contributed by atoms with E-state index in [2.05, 4.69) is 29.4 Å². The molecule has 1 saturated heterocycles. The Bertz CT molecular complexity index is 479. The van der Waals surface area contributed by atoms with Crippen molar-refractivity contribution < 1.29 is 13.9 Å². The van der Waals surface area contributed by atoms with Gasteiger partial charge in [0.1, 0.15) is 5.82 Å². The van der Waals surface area contributed by atoms with Crippen LogP contribution in [0.2, 0.25) is 0 Å². The molecule has 1 atom stereocenters. The van der Waals surface area contributed by atoms with Crippen LogP contribution >= 0.6 is 0 Å². The summed E-state index contributed by atoms with van der Waals surface area (Å²) >= 11 is 0. The molecule has 2 amide bonds. The molecule has 0 radical (unpaired) electrons. The largest absolute Gasteiger partial charge is 0.374 e. The molecule has 1 aliphatic rings. The van der Waals surface area contributed by atoms with Gasteiger partial charge in [0.05, 0.1) is 12.7 Å². The molecule has 0 bridgehead atoms. The lowest BCUT2D eigenvalue weighted by molar-refractivity contribution is -0.0288. The first-order chi connectivity index (χ1) is 10.5. The van der Waals surface area contributed by atoms with Crippen LogP contribution in [-0.2, 0) is 4.74 Å². The minimum absolute atomic E-state index is 0.00599. The fourth-order valence-electron chi connectivity index (χ4n) is 2.50. The van der Waals surface area contributed by atoms with E-state index in [-0.39, 0.29) is 18.0 Å². The number of nitrogens with one attached hydrogen (secondary N) is 2. The number of benzene rings is 1. The van der Waals surface area contributed by atoms with Gasteiger partial charge in [0.25, 0.3) is 0 Å². The zero-order valence-corrected chi connectivity index (χ0v) is 13.1. The van der Waals surface area contributed by atoms with Gasteiger partial charge in [-0.2, -0.15) is 0 Å². The molecular weight excluding hydrogens is 285 g/mol. The van der Waals surface area contributed by atoms with E-state index >= 15 is 0 Å². The molecule has 1 aromatic rings. The smallest absolute Gasteiger partial charge is 0.319 e. The Kier molecular flexibility index (Phi) is 6.15. The molecule has 2 rings (SSSR count). The number of rotatable bonds is 5. The topological polar surface area (TPSA) is 53.6 Å². The first kappa shape index (κ1) is 16.7. The van der Waals surface area contributed by atoms with Crippen LogP contribution in [0.1, 0.15) is 13.8 Å². The molecule has 122 valence electrons. The zero-order chi connectivity index (χ0) is 15.9. The van der Waals surface area contributed by atoms with Crippen molar-refractivity contribution in [3.63, 3.8) is 0 Å². The molecule has 5 nitrogen and oxygen atoms in total. The van der Waals surface area contributed by atoms with Crippen LogP contribution in [0, 0.1) is 11.7 Å². The number of carbonyl (C=O) groups excluding carboxylic acids is 1. The first-order valence-electron chi connectivity index (χ1n) is 7.67. The van der Waals surface area contributed by atoms with E-state index in [1.165, 1.54) is 24.3 Å². The molecule has 0 spiro atoms. The van der Waals surface area contributed by atoms with Crippen molar-refractivity contribution in [1.29, 1.82) is 0 Å².